The Morgan fingerprint density at radius 1 is 1.17 bits per heavy atom. The fourth-order valence-electron chi connectivity index (χ4n) is 3.49. The lowest BCUT2D eigenvalue weighted by atomic mass is 10.2. The van der Waals surface area contributed by atoms with Crippen LogP contribution in [0.2, 0.25) is 0 Å². The van der Waals surface area contributed by atoms with Crippen LogP contribution < -0.4 is 5.32 Å². The van der Waals surface area contributed by atoms with Gasteiger partial charge in [-0.25, -0.2) is 8.42 Å². The fraction of sp³-hybridized carbons (Fsp3) is 0.524. The topological polar surface area (TPSA) is 91.0 Å². The molecule has 8 nitrogen and oxygen atoms in total. The Labute approximate surface area is 178 Å². The predicted molar refractivity (Wildman–Crippen MR) is 117 cm³/mol. The van der Waals surface area contributed by atoms with E-state index in [2.05, 4.69) is 25.3 Å². The number of aromatic nitrogens is 1. The molecule has 1 aliphatic heterocycles. The zero-order valence-corrected chi connectivity index (χ0v) is 18.5. The first-order valence-corrected chi connectivity index (χ1v) is 12.1. The van der Waals surface area contributed by atoms with Gasteiger partial charge in [-0.1, -0.05) is 30.3 Å². The number of rotatable bonds is 8. The van der Waals surface area contributed by atoms with E-state index in [0.29, 0.717) is 17.9 Å². The number of hydrogen-bond donors (Lipinski definition) is 1. The minimum atomic E-state index is -3.36. The molecule has 1 fully saturated rings. The van der Waals surface area contributed by atoms with Crippen molar-refractivity contribution in [3.05, 3.63) is 48.4 Å². The van der Waals surface area contributed by atoms with Crippen LogP contribution in [-0.4, -0.2) is 73.9 Å². The molecule has 0 bridgehead atoms. The summed E-state index contributed by atoms with van der Waals surface area (Å²) in [6.07, 6.45) is 2.29. The number of nitrogens with one attached hydrogen (secondary N) is 1. The number of benzene rings is 1. The van der Waals surface area contributed by atoms with Crippen LogP contribution in [0, 0.1) is 0 Å². The molecule has 1 saturated heterocycles. The van der Waals surface area contributed by atoms with Crippen molar-refractivity contribution < 1.29 is 12.9 Å². The number of piperazine rings is 1. The van der Waals surface area contributed by atoms with Gasteiger partial charge in [0.1, 0.15) is 6.26 Å². The van der Waals surface area contributed by atoms with E-state index in [-0.39, 0.29) is 11.8 Å². The van der Waals surface area contributed by atoms with Crippen LogP contribution in [0.4, 0.5) is 0 Å². The monoisotopic (exact) mass is 433 g/mol. The summed E-state index contributed by atoms with van der Waals surface area (Å²) in [6, 6.07) is 10.3. The molecule has 0 aliphatic carbocycles. The number of hydrogen-bond acceptors (Lipinski definition) is 6. The van der Waals surface area contributed by atoms with Gasteiger partial charge in [0.25, 0.3) is 0 Å². The molecule has 30 heavy (non-hydrogen) atoms. The van der Waals surface area contributed by atoms with Crippen LogP contribution >= 0.6 is 0 Å². The first-order chi connectivity index (χ1) is 14.5. The summed E-state index contributed by atoms with van der Waals surface area (Å²) in [4.78, 5) is 9.53. The molecule has 1 unspecified atom stereocenters. The molecule has 0 amide bonds. The second-order valence-corrected chi connectivity index (χ2v) is 9.43. The molecule has 0 spiro atoms. The molecule has 0 saturated carbocycles. The van der Waals surface area contributed by atoms with E-state index in [1.807, 2.05) is 26.0 Å². The van der Waals surface area contributed by atoms with Gasteiger partial charge < -0.3 is 14.7 Å². The minimum Gasteiger partial charge on any atom is -0.364 e. The Bertz CT molecular complexity index is 892. The van der Waals surface area contributed by atoms with Gasteiger partial charge in [0.15, 0.2) is 15.8 Å². The molecular weight excluding hydrogens is 402 g/mol. The van der Waals surface area contributed by atoms with Gasteiger partial charge >= 0.3 is 0 Å². The van der Waals surface area contributed by atoms with Crippen molar-refractivity contribution in [1.82, 2.24) is 20.3 Å². The predicted octanol–water partition coefficient (Wildman–Crippen LogP) is 2.01. The Morgan fingerprint density at radius 2 is 1.90 bits per heavy atom. The Kier molecular flexibility index (Phi) is 7.87. The second-order valence-electron chi connectivity index (χ2n) is 7.40. The van der Waals surface area contributed by atoms with Crippen LogP contribution in [0.1, 0.15) is 26.0 Å². The summed E-state index contributed by atoms with van der Waals surface area (Å²) in [7, 11) is -3.36. The lowest BCUT2D eigenvalue weighted by Crippen LogP contribution is -2.54. The Morgan fingerprint density at radius 3 is 2.50 bits per heavy atom. The molecule has 3 rings (SSSR count). The zero-order valence-electron chi connectivity index (χ0n) is 17.7. The zero-order chi connectivity index (χ0) is 21.4. The van der Waals surface area contributed by atoms with E-state index in [9.17, 15) is 8.42 Å². The standard InChI is InChI=1S/C21H31N5O3S/c1-3-18(17-30(27,28)20-8-6-5-7-9-20)23-21(22-4-2)26-13-11-25(12-14-26)16-19-10-15-29-24-19/h5-10,15,18H,3-4,11-14,16-17H2,1-2H3,(H,22,23). The van der Waals surface area contributed by atoms with E-state index >= 15 is 0 Å². The maximum atomic E-state index is 12.8. The summed E-state index contributed by atoms with van der Waals surface area (Å²) in [6.45, 7) is 8.82. The van der Waals surface area contributed by atoms with E-state index in [1.54, 1.807) is 30.5 Å². The molecule has 9 heteroatoms. The number of sulfone groups is 1. The van der Waals surface area contributed by atoms with Crippen LogP contribution in [0.5, 0.6) is 0 Å². The summed E-state index contributed by atoms with van der Waals surface area (Å²) >= 11 is 0. The molecule has 0 radical (unpaired) electrons. The largest absolute Gasteiger partial charge is 0.364 e. The minimum absolute atomic E-state index is 0.0440. The van der Waals surface area contributed by atoms with Gasteiger partial charge in [0.2, 0.25) is 0 Å². The highest BCUT2D eigenvalue weighted by Gasteiger charge is 2.25. The third kappa shape index (κ3) is 6.06. The van der Waals surface area contributed by atoms with Gasteiger partial charge in [0.05, 0.1) is 16.3 Å². The molecule has 1 aromatic heterocycles. The maximum absolute atomic E-state index is 12.8. The van der Waals surface area contributed by atoms with Crippen molar-refractivity contribution >= 4 is 15.8 Å². The maximum Gasteiger partial charge on any atom is 0.194 e. The van der Waals surface area contributed by atoms with Gasteiger partial charge in [-0.3, -0.25) is 9.89 Å². The van der Waals surface area contributed by atoms with Crippen LogP contribution in [0.3, 0.4) is 0 Å². The lowest BCUT2D eigenvalue weighted by molar-refractivity contribution is 0.168. The average Bonchev–Trinajstić information content (AvgIpc) is 3.27. The van der Waals surface area contributed by atoms with Crippen molar-refractivity contribution in [3.63, 3.8) is 0 Å². The highest BCUT2D eigenvalue weighted by Crippen LogP contribution is 2.13. The quantitative estimate of drug-likeness (QED) is 0.503. The number of aliphatic imine (C=N–C) groups is 1. The third-order valence-electron chi connectivity index (χ3n) is 5.21. The van der Waals surface area contributed by atoms with Gasteiger partial charge in [-0.05, 0) is 25.5 Å². The first kappa shape index (κ1) is 22.3. The van der Waals surface area contributed by atoms with Gasteiger partial charge in [0, 0.05) is 51.4 Å². The van der Waals surface area contributed by atoms with Crippen molar-refractivity contribution in [2.24, 2.45) is 4.99 Å². The molecule has 2 heterocycles. The van der Waals surface area contributed by atoms with Crippen molar-refractivity contribution in [3.8, 4) is 0 Å². The molecule has 164 valence electrons. The molecule has 2 aromatic rings. The first-order valence-electron chi connectivity index (χ1n) is 10.5. The summed E-state index contributed by atoms with van der Waals surface area (Å²) in [5.41, 5.74) is 0.932. The smallest absolute Gasteiger partial charge is 0.194 e. The molecule has 1 atom stereocenters. The van der Waals surface area contributed by atoms with Crippen LogP contribution in [-0.2, 0) is 16.4 Å². The van der Waals surface area contributed by atoms with Gasteiger partial charge in [-0.2, -0.15) is 0 Å². The number of guanidine groups is 1. The molecule has 1 N–H and O–H groups in total. The molecule has 1 aromatic carbocycles. The summed E-state index contributed by atoms with van der Waals surface area (Å²) in [5, 5.41) is 7.39. The third-order valence-corrected chi connectivity index (χ3v) is 7.04. The second kappa shape index (κ2) is 10.6. The summed E-state index contributed by atoms with van der Waals surface area (Å²) < 4.78 is 30.5. The van der Waals surface area contributed by atoms with E-state index in [0.717, 1.165) is 44.4 Å². The number of nitrogens with zero attached hydrogens (tertiary/aromatic N) is 4. The fourth-order valence-corrected chi connectivity index (χ4v) is 5.10. The normalized spacial score (nSPS) is 17.1. The van der Waals surface area contributed by atoms with E-state index in [1.165, 1.54) is 0 Å². The highest BCUT2D eigenvalue weighted by atomic mass is 32.2. The lowest BCUT2D eigenvalue weighted by Gasteiger charge is -2.37. The summed E-state index contributed by atoms with van der Waals surface area (Å²) in [5.74, 6) is 0.830. The average molecular weight is 434 g/mol. The van der Waals surface area contributed by atoms with Crippen LogP contribution in [0.15, 0.2) is 57.1 Å². The van der Waals surface area contributed by atoms with Crippen LogP contribution in [0.25, 0.3) is 0 Å². The van der Waals surface area contributed by atoms with E-state index < -0.39 is 9.84 Å². The van der Waals surface area contributed by atoms with Crippen molar-refractivity contribution in [2.45, 2.75) is 37.8 Å². The van der Waals surface area contributed by atoms with Crippen molar-refractivity contribution in [2.75, 3.05) is 38.5 Å². The van der Waals surface area contributed by atoms with Gasteiger partial charge in [-0.15, -0.1) is 0 Å². The Balaban J connectivity index is 1.59. The molecular formula is C21H31N5O3S. The Hall–Kier alpha value is -2.39. The SMILES string of the molecule is CCN=C(NC(CC)CS(=O)(=O)c1ccccc1)N1CCN(Cc2ccon2)CC1. The highest BCUT2D eigenvalue weighted by molar-refractivity contribution is 7.91. The molecule has 1 aliphatic rings. The van der Waals surface area contributed by atoms with Crippen molar-refractivity contribution in [1.29, 1.82) is 0 Å². The van der Waals surface area contributed by atoms with E-state index in [4.69, 9.17) is 4.52 Å².